The molecule has 1 saturated heterocycles. The number of hydrogen-bond donors (Lipinski definition) is 2. The average molecular weight is 571 g/mol. The quantitative estimate of drug-likeness (QED) is 0.557. The molecule has 1 fully saturated rings. The van der Waals surface area contributed by atoms with Gasteiger partial charge in [0.15, 0.2) is 0 Å². The molecular weight excluding hydrogens is 532 g/mol. The van der Waals surface area contributed by atoms with Gasteiger partial charge in [0, 0.05) is 19.6 Å². The van der Waals surface area contributed by atoms with Crippen LogP contribution in [0.1, 0.15) is 11.1 Å². The zero-order valence-corrected chi connectivity index (χ0v) is 23.6. The Hall–Kier alpha value is -1.90. The van der Waals surface area contributed by atoms with E-state index in [1.54, 1.807) is 24.3 Å². The van der Waals surface area contributed by atoms with Gasteiger partial charge in [-0.2, -0.15) is 0 Å². The zero-order chi connectivity index (χ0) is 27.5. The third-order valence-corrected chi connectivity index (χ3v) is 11.4. The number of nitrogens with one attached hydrogen (secondary N) is 2. The lowest BCUT2D eigenvalue weighted by Crippen LogP contribution is -2.61. The third-order valence-electron chi connectivity index (χ3n) is 6.05. The summed E-state index contributed by atoms with van der Waals surface area (Å²) in [5.41, 5.74) is 1.69. The summed E-state index contributed by atoms with van der Waals surface area (Å²) in [5, 5.41) is 6.01. The van der Waals surface area contributed by atoms with Gasteiger partial charge in [0.2, 0.25) is 19.7 Å². The van der Waals surface area contributed by atoms with Gasteiger partial charge in [-0.3, -0.25) is 5.32 Å². The van der Waals surface area contributed by atoms with Crippen molar-refractivity contribution in [2.24, 2.45) is 0 Å². The minimum Gasteiger partial charge on any atom is -0.378 e. The Labute approximate surface area is 225 Å². The first-order chi connectivity index (χ1) is 18.2. The Balaban J connectivity index is 2.02. The maximum atomic E-state index is 14.2. The lowest BCUT2D eigenvalue weighted by Gasteiger charge is -2.34. The molecule has 12 heteroatoms. The maximum Gasteiger partial charge on any atom is 0.255 e. The lowest BCUT2D eigenvalue weighted by atomic mass is 10.2. The SMILES string of the molecule is Cc1ccc(S(=O)(=O)C2(S(=O)(=O)c3ccc(C)cc3)COCCOCCNCCOCCOCCN2)cc1. The van der Waals surface area contributed by atoms with E-state index < -0.39 is 30.5 Å². The van der Waals surface area contributed by atoms with Gasteiger partial charge in [0.05, 0.1) is 62.6 Å². The van der Waals surface area contributed by atoms with Gasteiger partial charge >= 0.3 is 0 Å². The fourth-order valence-electron chi connectivity index (χ4n) is 3.83. The number of sulfone groups is 2. The van der Waals surface area contributed by atoms with Gasteiger partial charge in [-0.25, -0.2) is 16.8 Å². The molecule has 1 aliphatic heterocycles. The number of aryl methyl sites for hydroxylation is 2. The first-order valence-electron chi connectivity index (χ1n) is 12.6. The Morgan fingerprint density at radius 2 is 0.974 bits per heavy atom. The summed E-state index contributed by atoms with van der Waals surface area (Å²) in [5.74, 6) is 0. The highest BCUT2D eigenvalue weighted by atomic mass is 32.3. The van der Waals surface area contributed by atoms with Crippen LogP contribution >= 0.6 is 0 Å². The van der Waals surface area contributed by atoms with Crippen LogP contribution in [0.25, 0.3) is 0 Å². The lowest BCUT2D eigenvalue weighted by molar-refractivity contribution is 0.0328. The Morgan fingerprint density at radius 1 is 0.579 bits per heavy atom. The van der Waals surface area contributed by atoms with Crippen LogP contribution in [0, 0.1) is 13.8 Å². The van der Waals surface area contributed by atoms with E-state index in [0.717, 1.165) is 11.1 Å². The Bertz CT molecular complexity index is 1110. The van der Waals surface area contributed by atoms with Gasteiger partial charge in [-0.05, 0) is 38.1 Å². The number of rotatable bonds is 4. The van der Waals surface area contributed by atoms with Crippen molar-refractivity contribution in [3.63, 3.8) is 0 Å². The van der Waals surface area contributed by atoms with E-state index in [1.807, 2.05) is 13.8 Å². The van der Waals surface area contributed by atoms with Gasteiger partial charge < -0.3 is 24.3 Å². The molecule has 212 valence electrons. The molecule has 0 aromatic heterocycles. The highest BCUT2D eigenvalue weighted by Crippen LogP contribution is 2.34. The topological polar surface area (TPSA) is 129 Å². The molecule has 1 heterocycles. The normalized spacial score (nSPS) is 19.7. The van der Waals surface area contributed by atoms with Crippen molar-refractivity contribution in [2.45, 2.75) is 27.8 Å². The van der Waals surface area contributed by atoms with Crippen LogP contribution in [0.15, 0.2) is 58.3 Å². The van der Waals surface area contributed by atoms with Crippen LogP contribution in [0.2, 0.25) is 0 Å². The molecule has 38 heavy (non-hydrogen) atoms. The standard InChI is InChI=1S/C26H38N2O8S2/c1-22-3-7-24(8-4-22)37(29,30)26(38(31,32)25-9-5-23(2)6-10-25)21-36-20-19-34-15-12-27-11-14-33-17-18-35-16-13-28-26/h3-10,27-28H,11-21H2,1-2H3. The molecule has 0 atom stereocenters. The third kappa shape index (κ3) is 7.60. The minimum absolute atomic E-state index is 0.00980. The molecule has 2 aromatic carbocycles. The van der Waals surface area contributed by atoms with Gasteiger partial charge in [0.1, 0.15) is 0 Å². The van der Waals surface area contributed by atoms with E-state index in [2.05, 4.69) is 10.6 Å². The summed E-state index contributed by atoms with van der Waals surface area (Å²) in [7, 11) is -9.08. The van der Waals surface area contributed by atoms with Crippen LogP contribution in [-0.4, -0.2) is 93.5 Å². The monoisotopic (exact) mass is 570 g/mol. The van der Waals surface area contributed by atoms with Crippen molar-refractivity contribution >= 4 is 19.7 Å². The summed E-state index contributed by atoms with van der Waals surface area (Å²) in [6.07, 6.45) is 0. The van der Waals surface area contributed by atoms with Crippen LogP contribution in [0.4, 0.5) is 0 Å². The van der Waals surface area contributed by atoms with E-state index in [-0.39, 0.29) is 42.8 Å². The summed E-state index contributed by atoms with van der Waals surface area (Å²) >= 11 is 0. The Morgan fingerprint density at radius 3 is 1.42 bits per heavy atom. The number of ether oxygens (including phenoxy) is 4. The molecule has 0 spiro atoms. The second-order valence-electron chi connectivity index (χ2n) is 8.95. The van der Waals surface area contributed by atoms with Gasteiger partial charge in [0.25, 0.3) is 4.20 Å². The highest BCUT2D eigenvalue weighted by molar-refractivity contribution is 8.10. The van der Waals surface area contributed by atoms with E-state index >= 15 is 0 Å². The predicted molar refractivity (Wildman–Crippen MR) is 144 cm³/mol. The number of hydrogen-bond acceptors (Lipinski definition) is 10. The first-order valence-corrected chi connectivity index (χ1v) is 15.6. The van der Waals surface area contributed by atoms with Crippen molar-refractivity contribution in [3.05, 3.63) is 59.7 Å². The van der Waals surface area contributed by atoms with Crippen LogP contribution in [0.3, 0.4) is 0 Å². The van der Waals surface area contributed by atoms with E-state index in [1.165, 1.54) is 24.3 Å². The van der Waals surface area contributed by atoms with Crippen molar-refractivity contribution in [2.75, 3.05) is 72.5 Å². The largest absolute Gasteiger partial charge is 0.378 e. The minimum atomic E-state index is -4.54. The van der Waals surface area contributed by atoms with Gasteiger partial charge in [-0.1, -0.05) is 35.4 Å². The summed E-state index contributed by atoms with van der Waals surface area (Å²) in [6.45, 7) is 6.04. The van der Waals surface area contributed by atoms with Crippen molar-refractivity contribution in [3.8, 4) is 0 Å². The van der Waals surface area contributed by atoms with Crippen molar-refractivity contribution in [1.82, 2.24) is 10.6 Å². The van der Waals surface area contributed by atoms with Crippen molar-refractivity contribution < 1.29 is 35.8 Å². The molecule has 3 rings (SSSR count). The second kappa shape index (κ2) is 14.5. The fraction of sp³-hybridized carbons (Fsp3) is 0.538. The molecule has 1 aliphatic rings. The van der Waals surface area contributed by atoms with Crippen LogP contribution < -0.4 is 10.6 Å². The van der Waals surface area contributed by atoms with Crippen LogP contribution in [-0.2, 0) is 38.6 Å². The number of benzene rings is 2. The first kappa shape index (κ1) is 30.6. The second-order valence-corrected chi connectivity index (χ2v) is 13.6. The molecule has 10 nitrogen and oxygen atoms in total. The average Bonchev–Trinajstić information content (AvgIpc) is 2.89. The van der Waals surface area contributed by atoms with Crippen molar-refractivity contribution in [1.29, 1.82) is 0 Å². The molecular formula is C26H38N2O8S2. The fourth-order valence-corrected chi connectivity index (χ4v) is 8.38. The molecule has 0 bridgehead atoms. The highest BCUT2D eigenvalue weighted by Gasteiger charge is 2.56. The predicted octanol–water partition coefficient (Wildman–Crippen LogP) is 1.46. The summed E-state index contributed by atoms with van der Waals surface area (Å²) < 4.78 is 76.7. The smallest absolute Gasteiger partial charge is 0.255 e. The molecule has 2 aromatic rings. The molecule has 0 amide bonds. The molecule has 0 saturated carbocycles. The van der Waals surface area contributed by atoms with E-state index in [4.69, 9.17) is 18.9 Å². The van der Waals surface area contributed by atoms with E-state index in [0.29, 0.717) is 32.9 Å². The zero-order valence-electron chi connectivity index (χ0n) is 22.0. The maximum absolute atomic E-state index is 14.2. The molecule has 0 radical (unpaired) electrons. The summed E-state index contributed by atoms with van der Waals surface area (Å²) in [4.78, 5) is -0.262. The van der Waals surface area contributed by atoms with Crippen LogP contribution in [0.5, 0.6) is 0 Å². The van der Waals surface area contributed by atoms with E-state index in [9.17, 15) is 16.8 Å². The molecule has 0 unspecified atom stereocenters. The molecule has 2 N–H and O–H groups in total. The Kier molecular flexibility index (Phi) is 11.7. The molecule has 0 aliphatic carbocycles. The van der Waals surface area contributed by atoms with Gasteiger partial charge in [-0.15, -0.1) is 0 Å². The summed E-state index contributed by atoms with van der Waals surface area (Å²) in [6, 6.07) is 12.2.